The Kier molecular flexibility index (Phi) is 5.51. The van der Waals surface area contributed by atoms with Crippen molar-refractivity contribution in [2.24, 2.45) is 0 Å². The van der Waals surface area contributed by atoms with Gasteiger partial charge in [-0.1, -0.05) is 54.6 Å². The predicted octanol–water partition coefficient (Wildman–Crippen LogP) is 3.10. The Hall–Kier alpha value is -2.17. The summed E-state index contributed by atoms with van der Waals surface area (Å²) in [6.07, 6.45) is 1.49. The Labute approximate surface area is 148 Å². The second-order valence-corrected chi connectivity index (χ2v) is 6.75. The summed E-state index contributed by atoms with van der Waals surface area (Å²) in [4.78, 5) is 12.3. The van der Waals surface area contributed by atoms with Gasteiger partial charge in [0.05, 0.1) is 24.7 Å². The molecule has 1 aliphatic heterocycles. The molecule has 4 heteroatoms. The molecule has 0 aromatic heterocycles. The maximum Gasteiger partial charge on any atom is 0.222 e. The van der Waals surface area contributed by atoms with Crippen molar-refractivity contribution in [3.8, 4) is 0 Å². The normalized spacial score (nSPS) is 18.9. The number of rotatable bonds is 6. The summed E-state index contributed by atoms with van der Waals surface area (Å²) >= 11 is 0. The fraction of sp³-hybridized carbons (Fsp3) is 0.381. The molecule has 4 nitrogen and oxygen atoms in total. The maximum absolute atomic E-state index is 12.3. The Morgan fingerprint density at radius 2 is 1.92 bits per heavy atom. The molecule has 0 saturated heterocycles. The van der Waals surface area contributed by atoms with Gasteiger partial charge in [-0.2, -0.15) is 0 Å². The number of hydrogen-bond donors (Lipinski definition) is 2. The molecule has 3 rings (SSSR count). The molecule has 0 saturated carbocycles. The van der Waals surface area contributed by atoms with Gasteiger partial charge < -0.3 is 15.2 Å². The van der Waals surface area contributed by atoms with Gasteiger partial charge in [-0.3, -0.25) is 4.79 Å². The van der Waals surface area contributed by atoms with Gasteiger partial charge in [0.15, 0.2) is 0 Å². The molecule has 2 N–H and O–H groups in total. The van der Waals surface area contributed by atoms with Crippen molar-refractivity contribution >= 4 is 5.91 Å². The van der Waals surface area contributed by atoms with Crippen LogP contribution < -0.4 is 5.32 Å². The molecule has 2 aromatic rings. The van der Waals surface area contributed by atoms with Crippen LogP contribution in [0, 0.1) is 0 Å². The number of fused-ring (bicyclic) bond motifs is 1. The fourth-order valence-electron chi connectivity index (χ4n) is 3.27. The topological polar surface area (TPSA) is 58.6 Å². The van der Waals surface area contributed by atoms with Gasteiger partial charge in [-0.05, 0) is 36.5 Å². The van der Waals surface area contributed by atoms with E-state index in [-0.39, 0.29) is 12.0 Å². The number of amides is 1. The van der Waals surface area contributed by atoms with Gasteiger partial charge in [-0.15, -0.1) is 0 Å². The zero-order valence-electron chi connectivity index (χ0n) is 14.6. The van der Waals surface area contributed by atoms with Crippen molar-refractivity contribution in [2.75, 3.05) is 13.2 Å². The Balaban J connectivity index is 1.51. The van der Waals surface area contributed by atoms with E-state index in [4.69, 9.17) is 4.74 Å². The standard InChI is InChI=1S/C21H25NO3/c1-21(24,17-8-3-2-4-9-17)12-13-22-20(23)15-19-18-10-6-5-7-16(18)11-14-25-19/h2-10,19,24H,11-15H2,1H3,(H,22,23). The highest BCUT2D eigenvalue weighted by Gasteiger charge is 2.25. The SMILES string of the molecule is CC(O)(CCNC(=O)CC1OCCc2ccccc21)c1ccccc1. The van der Waals surface area contributed by atoms with Crippen LogP contribution in [-0.4, -0.2) is 24.2 Å². The highest BCUT2D eigenvalue weighted by atomic mass is 16.5. The number of nitrogens with one attached hydrogen (secondary N) is 1. The first-order valence-electron chi connectivity index (χ1n) is 8.80. The summed E-state index contributed by atoms with van der Waals surface area (Å²) in [7, 11) is 0. The number of carbonyl (C=O) groups excluding carboxylic acids is 1. The average molecular weight is 339 g/mol. The van der Waals surface area contributed by atoms with E-state index in [1.165, 1.54) is 5.56 Å². The van der Waals surface area contributed by atoms with Gasteiger partial charge in [0, 0.05) is 6.54 Å². The second-order valence-electron chi connectivity index (χ2n) is 6.75. The zero-order valence-corrected chi connectivity index (χ0v) is 14.6. The summed E-state index contributed by atoms with van der Waals surface area (Å²) in [6.45, 7) is 2.85. The highest BCUT2D eigenvalue weighted by Crippen LogP contribution is 2.29. The van der Waals surface area contributed by atoms with Gasteiger partial charge in [0.2, 0.25) is 5.91 Å². The zero-order chi connectivity index (χ0) is 17.7. The lowest BCUT2D eigenvalue weighted by molar-refractivity contribution is -0.124. The van der Waals surface area contributed by atoms with Crippen LogP contribution in [0.1, 0.15) is 42.6 Å². The Morgan fingerprint density at radius 3 is 2.72 bits per heavy atom. The van der Waals surface area contributed by atoms with Crippen molar-refractivity contribution in [3.63, 3.8) is 0 Å². The van der Waals surface area contributed by atoms with E-state index in [1.807, 2.05) is 48.5 Å². The summed E-state index contributed by atoms with van der Waals surface area (Å²) in [5.41, 5.74) is 2.27. The van der Waals surface area contributed by atoms with E-state index in [0.29, 0.717) is 26.0 Å². The van der Waals surface area contributed by atoms with E-state index >= 15 is 0 Å². The van der Waals surface area contributed by atoms with Crippen LogP contribution in [0.15, 0.2) is 54.6 Å². The summed E-state index contributed by atoms with van der Waals surface area (Å²) in [6, 6.07) is 17.7. The third-order valence-electron chi connectivity index (χ3n) is 4.79. The van der Waals surface area contributed by atoms with Gasteiger partial charge in [-0.25, -0.2) is 0 Å². The van der Waals surface area contributed by atoms with Crippen molar-refractivity contribution in [1.29, 1.82) is 0 Å². The van der Waals surface area contributed by atoms with Crippen LogP contribution in [0.25, 0.3) is 0 Å². The molecular formula is C21H25NO3. The largest absolute Gasteiger partial charge is 0.385 e. The number of ether oxygens (including phenoxy) is 1. The number of hydrogen-bond acceptors (Lipinski definition) is 3. The first kappa shape index (κ1) is 17.6. The average Bonchev–Trinajstić information content (AvgIpc) is 2.63. The van der Waals surface area contributed by atoms with E-state index in [1.54, 1.807) is 6.92 Å². The molecule has 0 fully saturated rings. The summed E-state index contributed by atoms with van der Waals surface area (Å²) in [5, 5.41) is 13.5. The molecule has 1 heterocycles. The molecule has 2 atom stereocenters. The lowest BCUT2D eigenvalue weighted by atomic mass is 9.92. The van der Waals surface area contributed by atoms with E-state index < -0.39 is 5.60 Å². The third-order valence-corrected chi connectivity index (χ3v) is 4.79. The minimum atomic E-state index is -0.956. The quantitative estimate of drug-likeness (QED) is 0.850. The van der Waals surface area contributed by atoms with Crippen LogP contribution in [0.3, 0.4) is 0 Å². The van der Waals surface area contributed by atoms with Crippen molar-refractivity contribution < 1.29 is 14.6 Å². The van der Waals surface area contributed by atoms with Crippen LogP contribution in [0.5, 0.6) is 0 Å². The summed E-state index contributed by atoms with van der Waals surface area (Å²) < 4.78 is 5.78. The van der Waals surface area contributed by atoms with E-state index in [9.17, 15) is 9.90 Å². The maximum atomic E-state index is 12.3. The van der Waals surface area contributed by atoms with Crippen molar-refractivity contribution in [3.05, 3.63) is 71.3 Å². The Bertz CT molecular complexity index is 712. The molecule has 0 aliphatic carbocycles. The van der Waals surface area contributed by atoms with E-state index in [2.05, 4.69) is 11.4 Å². The van der Waals surface area contributed by atoms with Crippen molar-refractivity contribution in [2.45, 2.75) is 37.9 Å². The molecule has 1 amide bonds. The molecule has 1 aliphatic rings. The number of aliphatic hydroxyl groups is 1. The molecule has 0 bridgehead atoms. The Morgan fingerprint density at radius 1 is 1.20 bits per heavy atom. The fourth-order valence-corrected chi connectivity index (χ4v) is 3.27. The van der Waals surface area contributed by atoms with Crippen LogP contribution in [0.2, 0.25) is 0 Å². The van der Waals surface area contributed by atoms with E-state index in [0.717, 1.165) is 17.5 Å². The second kappa shape index (κ2) is 7.81. The molecule has 2 unspecified atom stereocenters. The third kappa shape index (κ3) is 4.47. The lowest BCUT2D eigenvalue weighted by Gasteiger charge is -2.26. The number of benzene rings is 2. The molecular weight excluding hydrogens is 314 g/mol. The first-order chi connectivity index (χ1) is 12.1. The summed E-state index contributed by atoms with van der Waals surface area (Å²) in [5.74, 6) is -0.0504. The molecule has 25 heavy (non-hydrogen) atoms. The lowest BCUT2D eigenvalue weighted by Crippen LogP contribution is -2.32. The van der Waals surface area contributed by atoms with Crippen molar-refractivity contribution in [1.82, 2.24) is 5.32 Å². The minimum absolute atomic E-state index is 0.0504. The molecule has 0 spiro atoms. The molecule has 2 aromatic carbocycles. The first-order valence-corrected chi connectivity index (χ1v) is 8.80. The predicted molar refractivity (Wildman–Crippen MR) is 97.1 cm³/mol. The monoisotopic (exact) mass is 339 g/mol. The van der Waals surface area contributed by atoms with Gasteiger partial charge in [0.1, 0.15) is 0 Å². The van der Waals surface area contributed by atoms with Gasteiger partial charge in [0.25, 0.3) is 0 Å². The molecule has 132 valence electrons. The highest BCUT2D eigenvalue weighted by molar-refractivity contribution is 5.76. The van der Waals surface area contributed by atoms with Crippen LogP contribution in [0.4, 0.5) is 0 Å². The van der Waals surface area contributed by atoms with Gasteiger partial charge >= 0.3 is 0 Å². The molecule has 0 radical (unpaired) electrons. The number of carbonyl (C=O) groups is 1. The smallest absolute Gasteiger partial charge is 0.222 e. The minimum Gasteiger partial charge on any atom is -0.385 e. The van der Waals surface area contributed by atoms with Crippen LogP contribution >= 0.6 is 0 Å². The van der Waals surface area contributed by atoms with Crippen LogP contribution in [-0.2, 0) is 21.6 Å².